The van der Waals surface area contributed by atoms with Crippen LogP contribution in [0.1, 0.15) is 16.1 Å². The fourth-order valence-electron chi connectivity index (χ4n) is 3.18. The predicted octanol–water partition coefficient (Wildman–Crippen LogP) is 3.64. The molecule has 2 aromatic heterocycles. The SMILES string of the molecule is COc1cc(OC)cc(Oc2nc3ccccc3nc2NS(=O)(=O)c2cnc(C(=O)O)c(C)c2)c1. The number of rotatable bonds is 8. The van der Waals surface area contributed by atoms with Crippen molar-refractivity contribution in [3.8, 4) is 23.1 Å². The van der Waals surface area contributed by atoms with Crippen LogP contribution < -0.4 is 18.9 Å². The van der Waals surface area contributed by atoms with Gasteiger partial charge in [0.1, 0.15) is 22.1 Å². The average Bonchev–Trinajstić information content (AvgIpc) is 2.83. The Labute approximate surface area is 200 Å². The van der Waals surface area contributed by atoms with Crippen molar-refractivity contribution in [3.63, 3.8) is 0 Å². The molecule has 2 N–H and O–H groups in total. The van der Waals surface area contributed by atoms with Crippen molar-refractivity contribution in [1.82, 2.24) is 15.0 Å². The van der Waals surface area contributed by atoms with Gasteiger partial charge in [0.2, 0.25) is 5.82 Å². The van der Waals surface area contributed by atoms with Crippen LogP contribution in [0.15, 0.2) is 59.6 Å². The molecule has 11 nitrogen and oxygen atoms in total. The maximum atomic E-state index is 13.1. The van der Waals surface area contributed by atoms with Crippen molar-refractivity contribution < 1.29 is 32.5 Å². The van der Waals surface area contributed by atoms with Crippen LogP contribution in [0, 0.1) is 6.92 Å². The minimum Gasteiger partial charge on any atom is -0.496 e. The Hall–Kier alpha value is -4.45. The second kappa shape index (κ2) is 9.43. The van der Waals surface area contributed by atoms with E-state index >= 15 is 0 Å². The number of nitrogens with one attached hydrogen (secondary N) is 1. The molecule has 0 amide bonds. The molecule has 0 spiro atoms. The molecule has 2 heterocycles. The van der Waals surface area contributed by atoms with Gasteiger partial charge >= 0.3 is 5.97 Å². The topological polar surface area (TPSA) is 150 Å². The number of hydrogen-bond donors (Lipinski definition) is 2. The normalized spacial score (nSPS) is 11.2. The van der Waals surface area contributed by atoms with E-state index in [2.05, 4.69) is 19.7 Å². The van der Waals surface area contributed by atoms with E-state index in [9.17, 15) is 13.2 Å². The van der Waals surface area contributed by atoms with Gasteiger partial charge in [0.25, 0.3) is 15.9 Å². The minimum atomic E-state index is -4.22. The zero-order chi connectivity index (χ0) is 25.2. The predicted molar refractivity (Wildman–Crippen MR) is 126 cm³/mol. The Balaban J connectivity index is 1.78. The highest BCUT2D eigenvalue weighted by atomic mass is 32.2. The summed E-state index contributed by atoms with van der Waals surface area (Å²) in [5, 5.41) is 9.17. The van der Waals surface area contributed by atoms with Gasteiger partial charge in [-0.1, -0.05) is 12.1 Å². The Morgan fingerprint density at radius 1 is 0.943 bits per heavy atom. The van der Waals surface area contributed by atoms with Gasteiger partial charge in [-0.25, -0.2) is 28.2 Å². The maximum Gasteiger partial charge on any atom is 0.354 e. The first-order valence-electron chi connectivity index (χ1n) is 10.1. The van der Waals surface area contributed by atoms with E-state index in [0.717, 1.165) is 6.20 Å². The molecule has 12 heteroatoms. The number of sulfonamides is 1. The molecular weight excluding hydrogens is 476 g/mol. The van der Waals surface area contributed by atoms with Crippen molar-refractivity contribution in [2.75, 3.05) is 18.9 Å². The van der Waals surface area contributed by atoms with Gasteiger partial charge in [-0.05, 0) is 30.7 Å². The molecule has 0 aliphatic heterocycles. The first-order chi connectivity index (χ1) is 16.7. The van der Waals surface area contributed by atoms with Crippen molar-refractivity contribution >= 4 is 32.8 Å². The summed E-state index contributed by atoms with van der Waals surface area (Å²) in [6, 6.07) is 12.9. The highest BCUT2D eigenvalue weighted by Gasteiger charge is 2.22. The van der Waals surface area contributed by atoms with Crippen LogP contribution in [0.25, 0.3) is 11.0 Å². The molecular formula is C23H20N4O7S. The smallest absolute Gasteiger partial charge is 0.354 e. The van der Waals surface area contributed by atoms with Crippen LogP contribution in [0.3, 0.4) is 0 Å². The average molecular weight is 497 g/mol. The fraction of sp³-hybridized carbons (Fsp3) is 0.130. The molecule has 2 aromatic carbocycles. The second-order valence-corrected chi connectivity index (χ2v) is 8.95. The molecule has 0 aliphatic rings. The molecule has 0 radical (unpaired) electrons. The van der Waals surface area contributed by atoms with E-state index in [0.29, 0.717) is 22.5 Å². The van der Waals surface area contributed by atoms with Crippen molar-refractivity contribution in [2.45, 2.75) is 11.8 Å². The standard InChI is InChI=1S/C23H20N4O7S/c1-13-8-17(12-24-20(13)23(28)29)35(30,31)27-21-22(26-19-7-5-4-6-18(19)25-21)34-16-10-14(32-2)9-15(11-16)33-3/h4-12H,1-3H3,(H,25,27)(H,28,29). The molecule has 0 saturated heterocycles. The number of fused-ring (bicyclic) bond motifs is 1. The number of carboxylic acid groups (broad SMARTS) is 1. The summed E-state index contributed by atoms with van der Waals surface area (Å²) in [6.07, 6.45) is 0.959. The van der Waals surface area contributed by atoms with Crippen LogP contribution >= 0.6 is 0 Å². The molecule has 4 rings (SSSR count). The zero-order valence-corrected chi connectivity index (χ0v) is 19.7. The molecule has 180 valence electrons. The highest BCUT2D eigenvalue weighted by Crippen LogP contribution is 2.34. The molecule has 4 aromatic rings. The lowest BCUT2D eigenvalue weighted by Gasteiger charge is -2.14. The van der Waals surface area contributed by atoms with E-state index in [1.54, 1.807) is 42.5 Å². The third-order valence-corrected chi connectivity index (χ3v) is 6.18. The third kappa shape index (κ3) is 5.06. The number of carboxylic acids is 1. The zero-order valence-electron chi connectivity index (χ0n) is 18.8. The fourth-order valence-corrected chi connectivity index (χ4v) is 4.21. The van der Waals surface area contributed by atoms with E-state index in [1.807, 2.05) is 0 Å². The number of carbonyl (C=O) groups is 1. The Morgan fingerprint density at radius 2 is 1.54 bits per heavy atom. The van der Waals surface area contributed by atoms with Crippen molar-refractivity contribution in [2.24, 2.45) is 0 Å². The van der Waals surface area contributed by atoms with Gasteiger partial charge in [0.15, 0.2) is 5.69 Å². The van der Waals surface area contributed by atoms with Gasteiger partial charge in [0, 0.05) is 24.4 Å². The lowest BCUT2D eigenvalue weighted by atomic mass is 10.2. The number of ether oxygens (including phenoxy) is 3. The number of pyridine rings is 1. The van der Waals surface area contributed by atoms with Crippen molar-refractivity contribution in [1.29, 1.82) is 0 Å². The van der Waals surface area contributed by atoms with E-state index < -0.39 is 16.0 Å². The molecule has 0 fully saturated rings. The summed E-state index contributed by atoms with van der Waals surface area (Å²) in [5.41, 5.74) is 0.843. The summed E-state index contributed by atoms with van der Waals surface area (Å²) in [7, 11) is -1.25. The Kier molecular flexibility index (Phi) is 6.38. The molecule has 0 atom stereocenters. The van der Waals surface area contributed by atoms with Crippen LogP contribution in [0.4, 0.5) is 5.82 Å². The minimum absolute atomic E-state index is 0.116. The Bertz CT molecular complexity index is 1520. The largest absolute Gasteiger partial charge is 0.496 e. The lowest BCUT2D eigenvalue weighted by Crippen LogP contribution is -2.16. The summed E-state index contributed by atoms with van der Waals surface area (Å²) in [5.74, 6) is -0.371. The number of methoxy groups -OCH3 is 2. The second-order valence-electron chi connectivity index (χ2n) is 7.26. The summed E-state index contributed by atoms with van der Waals surface area (Å²) in [4.78, 5) is 23.5. The van der Waals surface area contributed by atoms with Crippen LogP contribution in [0.2, 0.25) is 0 Å². The van der Waals surface area contributed by atoms with E-state index in [4.69, 9.17) is 19.3 Å². The van der Waals surface area contributed by atoms with Crippen LogP contribution in [-0.2, 0) is 10.0 Å². The number of aromatic carboxylic acids is 1. The van der Waals surface area contributed by atoms with Crippen LogP contribution in [0.5, 0.6) is 23.1 Å². The quantitative estimate of drug-likeness (QED) is 0.370. The number of benzene rings is 2. The summed E-state index contributed by atoms with van der Waals surface area (Å²) < 4.78 is 45.0. The van der Waals surface area contributed by atoms with Crippen molar-refractivity contribution in [3.05, 3.63) is 66.0 Å². The number of hydrogen-bond acceptors (Lipinski definition) is 9. The summed E-state index contributed by atoms with van der Waals surface area (Å²) in [6.45, 7) is 1.45. The maximum absolute atomic E-state index is 13.1. The van der Waals surface area contributed by atoms with Gasteiger partial charge < -0.3 is 19.3 Å². The van der Waals surface area contributed by atoms with Gasteiger partial charge in [-0.15, -0.1) is 0 Å². The molecule has 0 saturated carbocycles. The van der Waals surface area contributed by atoms with Gasteiger partial charge in [0.05, 0.1) is 25.3 Å². The van der Waals surface area contributed by atoms with E-state index in [1.165, 1.54) is 27.2 Å². The number of nitrogens with zero attached hydrogens (tertiary/aromatic N) is 3. The van der Waals surface area contributed by atoms with Gasteiger partial charge in [-0.2, -0.15) is 0 Å². The molecule has 0 bridgehead atoms. The third-order valence-electron chi connectivity index (χ3n) is 4.88. The summed E-state index contributed by atoms with van der Waals surface area (Å²) >= 11 is 0. The number of para-hydroxylation sites is 2. The number of aryl methyl sites for hydroxylation is 1. The lowest BCUT2D eigenvalue weighted by molar-refractivity contribution is 0.0689. The molecule has 0 unspecified atom stereocenters. The highest BCUT2D eigenvalue weighted by molar-refractivity contribution is 7.92. The number of anilines is 1. The Morgan fingerprint density at radius 3 is 2.11 bits per heavy atom. The molecule has 35 heavy (non-hydrogen) atoms. The monoisotopic (exact) mass is 496 g/mol. The van der Waals surface area contributed by atoms with Crippen LogP contribution in [-0.4, -0.2) is 48.7 Å². The molecule has 0 aliphatic carbocycles. The van der Waals surface area contributed by atoms with Gasteiger partial charge in [-0.3, -0.25) is 4.72 Å². The number of aromatic nitrogens is 3. The first kappa shape index (κ1) is 23.7. The first-order valence-corrected chi connectivity index (χ1v) is 11.6. The van der Waals surface area contributed by atoms with E-state index in [-0.39, 0.29) is 33.6 Å².